The van der Waals surface area contributed by atoms with Crippen molar-refractivity contribution in [1.82, 2.24) is 10.7 Å². The first-order chi connectivity index (χ1) is 14.5. The molecule has 2 amide bonds. The number of amides is 2. The van der Waals surface area contributed by atoms with Crippen molar-refractivity contribution in [3.05, 3.63) is 54.1 Å². The number of carboxylic acids is 1. The van der Waals surface area contributed by atoms with Crippen LogP contribution in [0.3, 0.4) is 0 Å². The summed E-state index contributed by atoms with van der Waals surface area (Å²) in [6, 6.07) is 13.5. The Hall–Kier alpha value is -4.08. The summed E-state index contributed by atoms with van der Waals surface area (Å²) in [6.45, 7) is -0.974. The highest BCUT2D eigenvalue weighted by Gasteiger charge is 2.08. The van der Waals surface area contributed by atoms with Crippen LogP contribution in [0.2, 0.25) is 0 Å². The van der Waals surface area contributed by atoms with E-state index in [-0.39, 0.29) is 18.9 Å². The monoisotopic (exact) mass is 415 g/mol. The fraction of sp³-hybridized carbons (Fsp3) is 0.200. The molecule has 0 aliphatic carbocycles. The van der Waals surface area contributed by atoms with Crippen LogP contribution >= 0.6 is 0 Å². The van der Waals surface area contributed by atoms with E-state index >= 15 is 0 Å². The van der Waals surface area contributed by atoms with Crippen molar-refractivity contribution in [2.45, 2.75) is 0 Å². The van der Waals surface area contributed by atoms with E-state index in [4.69, 9.17) is 19.3 Å². The molecule has 2 aromatic carbocycles. The lowest BCUT2D eigenvalue weighted by molar-refractivity contribution is -0.139. The molecule has 0 aliphatic rings. The van der Waals surface area contributed by atoms with Gasteiger partial charge < -0.3 is 24.6 Å². The minimum Gasteiger partial charge on any atom is -0.493 e. The molecule has 10 heteroatoms. The molecule has 0 aromatic heterocycles. The average molecular weight is 415 g/mol. The van der Waals surface area contributed by atoms with Gasteiger partial charge in [-0.3, -0.25) is 9.59 Å². The highest BCUT2D eigenvalue weighted by atomic mass is 16.5. The number of carbonyl (C=O) groups is 3. The number of nitrogens with zero attached hydrogens (tertiary/aromatic N) is 1. The lowest BCUT2D eigenvalue weighted by Gasteiger charge is -2.09. The van der Waals surface area contributed by atoms with Crippen molar-refractivity contribution < 1.29 is 33.7 Å². The largest absolute Gasteiger partial charge is 0.493 e. The van der Waals surface area contributed by atoms with Gasteiger partial charge in [0.25, 0.3) is 11.8 Å². The zero-order chi connectivity index (χ0) is 21.8. The van der Waals surface area contributed by atoms with Gasteiger partial charge >= 0.3 is 5.97 Å². The van der Waals surface area contributed by atoms with Crippen LogP contribution in [0.5, 0.6) is 17.2 Å². The average Bonchev–Trinajstić information content (AvgIpc) is 2.75. The maximum Gasteiger partial charge on any atom is 0.341 e. The van der Waals surface area contributed by atoms with E-state index in [1.807, 2.05) is 6.07 Å². The van der Waals surface area contributed by atoms with Crippen molar-refractivity contribution >= 4 is 24.0 Å². The van der Waals surface area contributed by atoms with Crippen LogP contribution in [-0.2, 0) is 14.4 Å². The van der Waals surface area contributed by atoms with Gasteiger partial charge in [-0.05, 0) is 35.9 Å². The Morgan fingerprint density at radius 1 is 1.00 bits per heavy atom. The predicted octanol–water partition coefficient (Wildman–Crippen LogP) is 0.804. The quantitative estimate of drug-likeness (QED) is 0.365. The Kier molecular flexibility index (Phi) is 8.66. The molecular weight excluding hydrogens is 394 g/mol. The zero-order valence-corrected chi connectivity index (χ0v) is 16.2. The van der Waals surface area contributed by atoms with Gasteiger partial charge in [0.1, 0.15) is 5.75 Å². The zero-order valence-electron chi connectivity index (χ0n) is 16.2. The number of hydrogen-bond acceptors (Lipinski definition) is 7. The van der Waals surface area contributed by atoms with Crippen LogP contribution in [0, 0.1) is 0 Å². The summed E-state index contributed by atoms with van der Waals surface area (Å²) >= 11 is 0. The molecule has 2 rings (SSSR count). The first-order valence-corrected chi connectivity index (χ1v) is 8.77. The number of carbonyl (C=O) groups excluding carboxylic acids is 2. The summed E-state index contributed by atoms with van der Waals surface area (Å²) in [6.07, 6.45) is 1.36. The molecule has 2 aromatic rings. The Bertz CT molecular complexity index is 901. The van der Waals surface area contributed by atoms with Crippen LogP contribution < -0.4 is 25.0 Å². The van der Waals surface area contributed by atoms with Gasteiger partial charge in [-0.1, -0.05) is 18.2 Å². The van der Waals surface area contributed by atoms with Crippen molar-refractivity contribution in [1.29, 1.82) is 0 Å². The topological polar surface area (TPSA) is 136 Å². The molecule has 158 valence electrons. The Balaban J connectivity index is 1.75. The maximum absolute atomic E-state index is 11.8. The van der Waals surface area contributed by atoms with E-state index in [2.05, 4.69) is 15.8 Å². The van der Waals surface area contributed by atoms with Crippen LogP contribution in [0.1, 0.15) is 5.56 Å². The second-order valence-corrected chi connectivity index (χ2v) is 5.76. The smallest absolute Gasteiger partial charge is 0.341 e. The summed E-state index contributed by atoms with van der Waals surface area (Å²) < 4.78 is 15.5. The molecule has 0 aliphatic heterocycles. The van der Waals surface area contributed by atoms with Gasteiger partial charge in [-0.2, -0.15) is 5.10 Å². The number of nitrogens with one attached hydrogen (secondary N) is 2. The van der Waals surface area contributed by atoms with Crippen LogP contribution in [0.4, 0.5) is 0 Å². The molecule has 30 heavy (non-hydrogen) atoms. The molecule has 3 N–H and O–H groups in total. The molecule has 0 spiro atoms. The predicted molar refractivity (Wildman–Crippen MR) is 107 cm³/mol. The highest BCUT2D eigenvalue weighted by Crippen LogP contribution is 2.27. The van der Waals surface area contributed by atoms with E-state index < -0.39 is 24.4 Å². The number of carboxylic acid groups (broad SMARTS) is 1. The molecule has 0 bridgehead atoms. The first kappa shape index (κ1) is 22.2. The van der Waals surface area contributed by atoms with Crippen molar-refractivity contribution in [3.8, 4) is 17.2 Å². The molecule has 0 fully saturated rings. The lowest BCUT2D eigenvalue weighted by atomic mass is 10.2. The van der Waals surface area contributed by atoms with E-state index in [1.54, 1.807) is 36.4 Å². The Labute approximate surface area is 172 Å². The number of methoxy groups -OCH3 is 1. The van der Waals surface area contributed by atoms with Gasteiger partial charge in [0, 0.05) is 0 Å². The number of benzene rings is 2. The third-order valence-corrected chi connectivity index (χ3v) is 3.50. The lowest BCUT2D eigenvalue weighted by Crippen LogP contribution is -2.37. The number of para-hydroxylation sites is 1. The van der Waals surface area contributed by atoms with Gasteiger partial charge in [-0.25, -0.2) is 10.2 Å². The Morgan fingerprint density at radius 3 is 2.47 bits per heavy atom. The third-order valence-electron chi connectivity index (χ3n) is 3.50. The van der Waals surface area contributed by atoms with E-state index in [1.165, 1.54) is 19.4 Å². The van der Waals surface area contributed by atoms with E-state index in [9.17, 15) is 14.4 Å². The number of hydrogen-bond donors (Lipinski definition) is 3. The minimum absolute atomic E-state index is 0.212. The second-order valence-electron chi connectivity index (χ2n) is 5.76. The fourth-order valence-corrected chi connectivity index (χ4v) is 2.14. The molecule has 0 radical (unpaired) electrons. The van der Waals surface area contributed by atoms with Gasteiger partial charge in [0.05, 0.1) is 19.9 Å². The normalized spacial score (nSPS) is 10.3. The van der Waals surface area contributed by atoms with Crippen LogP contribution in [0.25, 0.3) is 0 Å². The summed E-state index contributed by atoms with van der Waals surface area (Å²) in [5.74, 6) is -0.938. The second kappa shape index (κ2) is 11.7. The minimum atomic E-state index is -1.11. The van der Waals surface area contributed by atoms with Crippen molar-refractivity contribution in [3.63, 3.8) is 0 Å². The molecule has 0 unspecified atom stereocenters. The van der Waals surface area contributed by atoms with Crippen molar-refractivity contribution in [2.24, 2.45) is 5.10 Å². The molecule has 0 saturated carbocycles. The summed E-state index contributed by atoms with van der Waals surface area (Å²) in [7, 11) is 1.41. The molecule has 0 saturated heterocycles. The number of hydrazone groups is 1. The van der Waals surface area contributed by atoms with Crippen LogP contribution in [0.15, 0.2) is 53.6 Å². The molecule has 0 atom stereocenters. The molecular formula is C20H21N3O7. The summed E-state index contributed by atoms with van der Waals surface area (Å²) in [4.78, 5) is 34.0. The SMILES string of the molecule is COc1cc(/C=N/NC(=O)CNC(=O)COc2ccccc2)ccc1OCC(=O)O. The number of rotatable bonds is 11. The fourth-order valence-electron chi connectivity index (χ4n) is 2.14. The summed E-state index contributed by atoms with van der Waals surface area (Å²) in [5, 5.41) is 14.9. The maximum atomic E-state index is 11.8. The van der Waals surface area contributed by atoms with Gasteiger partial charge in [0.15, 0.2) is 24.7 Å². The van der Waals surface area contributed by atoms with Crippen LogP contribution in [-0.4, -0.2) is 56.0 Å². The number of aliphatic carboxylic acids is 1. The highest BCUT2D eigenvalue weighted by molar-refractivity contribution is 5.87. The third kappa shape index (κ3) is 7.89. The van der Waals surface area contributed by atoms with E-state index in [0.29, 0.717) is 17.1 Å². The van der Waals surface area contributed by atoms with Gasteiger partial charge in [0.2, 0.25) is 0 Å². The first-order valence-electron chi connectivity index (χ1n) is 8.77. The van der Waals surface area contributed by atoms with Crippen molar-refractivity contribution in [2.75, 3.05) is 26.9 Å². The molecule has 10 nitrogen and oxygen atoms in total. The van der Waals surface area contributed by atoms with Gasteiger partial charge in [-0.15, -0.1) is 0 Å². The molecule has 0 heterocycles. The number of ether oxygens (including phenoxy) is 3. The van der Waals surface area contributed by atoms with E-state index in [0.717, 1.165) is 0 Å². The standard InChI is InChI=1S/C20H21N3O7/c1-28-17-9-14(7-8-16(17)30-13-20(26)27)10-22-23-18(24)11-21-19(25)12-29-15-5-3-2-4-6-15/h2-10H,11-13H2,1H3,(H,21,25)(H,23,24)(H,26,27)/b22-10+. The summed E-state index contributed by atoms with van der Waals surface area (Å²) in [5.41, 5.74) is 2.86. The Morgan fingerprint density at radius 2 is 1.77 bits per heavy atom.